The monoisotopic (exact) mass is 299 g/mol. The first-order valence-electron chi connectivity index (χ1n) is 6.05. The molecule has 1 aromatic rings. The Morgan fingerprint density at radius 3 is 2.55 bits per heavy atom. The number of nitrogens with two attached hydrogens (primary N) is 1. The van der Waals surface area contributed by atoms with E-state index in [1.807, 2.05) is 13.8 Å². The van der Waals surface area contributed by atoms with E-state index in [2.05, 4.69) is 5.32 Å². The summed E-state index contributed by atoms with van der Waals surface area (Å²) >= 11 is 6.05. The highest BCUT2D eigenvalue weighted by Crippen LogP contribution is 2.31. The zero-order valence-corrected chi connectivity index (χ0v) is 12.4. The number of carboxylic acids is 1. The minimum atomic E-state index is -1.15. The Kier molecular flexibility index (Phi) is 5.21. The molecule has 6 nitrogen and oxygen atoms in total. The number of likely N-dealkylation sites (N-methyl/N-ethyl adjacent to an activating group) is 1. The Labute approximate surface area is 122 Å². The molecule has 0 fully saturated rings. The van der Waals surface area contributed by atoms with Crippen molar-refractivity contribution in [2.75, 3.05) is 24.2 Å². The quantitative estimate of drug-likeness (QED) is 0.717. The summed E-state index contributed by atoms with van der Waals surface area (Å²) in [6.45, 7) is 3.69. The zero-order chi connectivity index (χ0) is 15.4. The van der Waals surface area contributed by atoms with E-state index < -0.39 is 5.97 Å². The molecule has 7 heteroatoms. The van der Waals surface area contributed by atoms with Crippen molar-refractivity contribution >= 4 is 34.9 Å². The van der Waals surface area contributed by atoms with Gasteiger partial charge in [0.1, 0.15) is 0 Å². The number of aromatic carboxylic acids is 1. The SMILES string of the molecule is CC(C)NC(=O)CN(C)c1c(Cl)cc(N)cc1C(=O)O. The van der Waals surface area contributed by atoms with Gasteiger partial charge in [-0.3, -0.25) is 4.79 Å². The summed E-state index contributed by atoms with van der Waals surface area (Å²) in [5, 5.41) is 12.1. The normalized spacial score (nSPS) is 10.4. The molecule has 0 aliphatic carbocycles. The molecule has 1 rings (SSSR count). The molecule has 0 saturated carbocycles. The number of carbonyl (C=O) groups excluding carboxylic acids is 1. The zero-order valence-electron chi connectivity index (χ0n) is 11.6. The Balaban J connectivity index is 3.06. The van der Waals surface area contributed by atoms with Gasteiger partial charge in [0, 0.05) is 18.8 Å². The fraction of sp³-hybridized carbons (Fsp3) is 0.385. The number of benzene rings is 1. The van der Waals surface area contributed by atoms with E-state index in [1.54, 1.807) is 7.05 Å². The lowest BCUT2D eigenvalue weighted by molar-refractivity contribution is -0.120. The van der Waals surface area contributed by atoms with Gasteiger partial charge in [0.2, 0.25) is 5.91 Å². The fourth-order valence-corrected chi connectivity index (χ4v) is 2.21. The van der Waals surface area contributed by atoms with E-state index in [9.17, 15) is 14.7 Å². The van der Waals surface area contributed by atoms with E-state index in [4.69, 9.17) is 17.3 Å². The Morgan fingerprint density at radius 1 is 1.45 bits per heavy atom. The first-order valence-corrected chi connectivity index (χ1v) is 6.43. The molecule has 1 amide bonds. The minimum Gasteiger partial charge on any atom is -0.478 e. The first kappa shape index (κ1) is 16.1. The topological polar surface area (TPSA) is 95.7 Å². The van der Waals surface area contributed by atoms with Gasteiger partial charge in [-0.1, -0.05) is 11.6 Å². The number of hydrogen-bond acceptors (Lipinski definition) is 4. The second-order valence-corrected chi connectivity index (χ2v) is 5.19. The van der Waals surface area contributed by atoms with Crippen LogP contribution < -0.4 is 16.0 Å². The lowest BCUT2D eigenvalue weighted by Crippen LogP contribution is -2.39. The summed E-state index contributed by atoms with van der Waals surface area (Å²) < 4.78 is 0. The number of nitrogens with zero attached hydrogens (tertiary/aromatic N) is 1. The van der Waals surface area contributed by atoms with Crippen LogP contribution in [0.2, 0.25) is 5.02 Å². The molecule has 0 spiro atoms. The molecule has 0 aliphatic rings. The van der Waals surface area contributed by atoms with Crippen LogP contribution in [0.3, 0.4) is 0 Å². The van der Waals surface area contributed by atoms with Crippen LogP contribution in [0, 0.1) is 0 Å². The third-order valence-electron chi connectivity index (χ3n) is 2.53. The molecule has 0 atom stereocenters. The van der Waals surface area contributed by atoms with E-state index in [0.717, 1.165) is 0 Å². The van der Waals surface area contributed by atoms with Crippen molar-refractivity contribution in [1.29, 1.82) is 0 Å². The molecule has 0 aliphatic heterocycles. The van der Waals surface area contributed by atoms with E-state index in [0.29, 0.717) is 0 Å². The largest absolute Gasteiger partial charge is 0.478 e. The van der Waals surface area contributed by atoms with Crippen LogP contribution in [0.5, 0.6) is 0 Å². The summed E-state index contributed by atoms with van der Waals surface area (Å²) in [5.41, 5.74) is 6.09. The van der Waals surface area contributed by atoms with Crippen molar-refractivity contribution in [3.63, 3.8) is 0 Å². The summed E-state index contributed by atoms with van der Waals surface area (Å²) in [5.74, 6) is -1.36. The van der Waals surface area contributed by atoms with Gasteiger partial charge in [-0.2, -0.15) is 0 Å². The van der Waals surface area contributed by atoms with E-state index >= 15 is 0 Å². The molecular formula is C13H18ClN3O3. The Morgan fingerprint density at radius 2 is 2.05 bits per heavy atom. The summed E-state index contributed by atoms with van der Waals surface area (Å²) in [7, 11) is 1.60. The van der Waals surface area contributed by atoms with Gasteiger partial charge in [0.05, 0.1) is 22.8 Å². The standard InChI is InChI=1S/C13H18ClN3O3/c1-7(2)16-11(18)6-17(3)12-9(13(19)20)4-8(15)5-10(12)14/h4-5,7H,6,15H2,1-3H3,(H,16,18)(H,19,20). The van der Waals surface area contributed by atoms with Crippen molar-refractivity contribution in [3.8, 4) is 0 Å². The molecule has 0 bridgehead atoms. The van der Waals surface area contributed by atoms with Crippen LogP contribution in [0.25, 0.3) is 0 Å². The smallest absolute Gasteiger partial charge is 0.337 e. The number of anilines is 2. The molecule has 4 N–H and O–H groups in total. The fourth-order valence-electron chi connectivity index (χ4n) is 1.83. The Hall–Kier alpha value is -1.95. The first-order chi connectivity index (χ1) is 9.22. The van der Waals surface area contributed by atoms with Crippen molar-refractivity contribution in [2.24, 2.45) is 0 Å². The van der Waals surface area contributed by atoms with Gasteiger partial charge in [-0.25, -0.2) is 4.79 Å². The van der Waals surface area contributed by atoms with Crippen molar-refractivity contribution in [3.05, 3.63) is 22.7 Å². The molecule has 20 heavy (non-hydrogen) atoms. The minimum absolute atomic E-state index is 0.00208. The maximum atomic E-state index is 11.7. The molecule has 1 aromatic carbocycles. The third kappa shape index (κ3) is 4.03. The van der Waals surface area contributed by atoms with Crippen LogP contribution in [0.1, 0.15) is 24.2 Å². The van der Waals surface area contributed by atoms with Crippen LogP contribution in [-0.4, -0.2) is 36.6 Å². The molecule has 0 heterocycles. The molecule has 0 radical (unpaired) electrons. The van der Waals surface area contributed by atoms with Gasteiger partial charge in [-0.05, 0) is 26.0 Å². The predicted octanol–water partition coefficient (Wildman–Crippen LogP) is 1.58. The predicted molar refractivity (Wildman–Crippen MR) is 79.4 cm³/mol. The number of hydrogen-bond donors (Lipinski definition) is 3. The molecular weight excluding hydrogens is 282 g/mol. The van der Waals surface area contributed by atoms with Crippen LogP contribution >= 0.6 is 11.6 Å². The van der Waals surface area contributed by atoms with Crippen molar-refractivity contribution in [1.82, 2.24) is 5.32 Å². The van der Waals surface area contributed by atoms with Crippen LogP contribution in [-0.2, 0) is 4.79 Å². The maximum Gasteiger partial charge on any atom is 0.337 e. The van der Waals surface area contributed by atoms with Crippen molar-refractivity contribution < 1.29 is 14.7 Å². The highest BCUT2D eigenvalue weighted by atomic mass is 35.5. The van der Waals surface area contributed by atoms with Crippen LogP contribution in [0.15, 0.2) is 12.1 Å². The number of halogens is 1. The van der Waals surface area contributed by atoms with Gasteiger partial charge < -0.3 is 21.1 Å². The lowest BCUT2D eigenvalue weighted by Gasteiger charge is -2.23. The molecule has 0 saturated heterocycles. The number of carbonyl (C=O) groups is 2. The highest BCUT2D eigenvalue weighted by molar-refractivity contribution is 6.34. The second kappa shape index (κ2) is 6.47. The Bertz CT molecular complexity index is 532. The average Bonchev–Trinajstić information content (AvgIpc) is 2.25. The molecule has 110 valence electrons. The van der Waals surface area contributed by atoms with Gasteiger partial charge in [0.15, 0.2) is 0 Å². The van der Waals surface area contributed by atoms with Crippen molar-refractivity contribution in [2.45, 2.75) is 19.9 Å². The molecule has 0 unspecified atom stereocenters. The second-order valence-electron chi connectivity index (χ2n) is 4.78. The summed E-state index contributed by atoms with van der Waals surface area (Å²) in [6, 6.07) is 2.79. The highest BCUT2D eigenvalue weighted by Gasteiger charge is 2.20. The van der Waals surface area contributed by atoms with Crippen LogP contribution in [0.4, 0.5) is 11.4 Å². The third-order valence-corrected chi connectivity index (χ3v) is 2.82. The number of amides is 1. The lowest BCUT2D eigenvalue weighted by atomic mass is 10.1. The van der Waals surface area contributed by atoms with E-state index in [-0.39, 0.29) is 40.5 Å². The maximum absolute atomic E-state index is 11.7. The van der Waals surface area contributed by atoms with Gasteiger partial charge >= 0.3 is 5.97 Å². The van der Waals surface area contributed by atoms with Gasteiger partial charge in [0.25, 0.3) is 0 Å². The average molecular weight is 300 g/mol. The van der Waals surface area contributed by atoms with Gasteiger partial charge in [-0.15, -0.1) is 0 Å². The van der Waals surface area contributed by atoms with E-state index in [1.165, 1.54) is 17.0 Å². The number of nitrogens with one attached hydrogen (secondary N) is 1. The molecule has 0 aromatic heterocycles. The number of rotatable bonds is 5. The summed E-state index contributed by atoms with van der Waals surface area (Å²) in [4.78, 5) is 24.5. The summed E-state index contributed by atoms with van der Waals surface area (Å²) in [6.07, 6.45) is 0. The number of carboxylic acid groups (broad SMARTS) is 1. The number of nitrogen functional groups attached to an aromatic ring is 1.